The molecule has 6 heteroatoms. The van der Waals surface area contributed by atoms with E-state index < -0.39 is 37.0 Å². The summed E-state index contributed by atoms with van der Waals surface area (Å²) in [5.74, 6) is 0. The highest BCUT2D eigenvalue weighted by molar-refractivity contribution is 5.17. The molecule has 2 aromatic carbocycles. The van der Waals surface area contributed by atoms with Gasteiger partial charge in [-0.05, 0) is 0 Å². The van der Waals surface area contributed by atoms with E-state index in [1.807, 2.05) is 60.7 Å². The number of ether oxygens (including phenoxy) is 4. The fourth-order valence-electron chi connectivity index (χ4n) is 3.24. The van der Waals surface area contributed by atoms with Crippen molar-refractivity contribution in [1.29, 1.82) is 0 Å². The fourth-order valence-corrected chi connectivity index (χ4v) is 3.24. The maximum absolute atomic E-state index is 10.7. The van der Waals surface area contributed by atoms with Crippen molar-refractivity contribution >= 4 is 0 Å². The number of rotatable bonds is 2. The fraction of sp³-hybridized carbons (Fsp3) is 0.400. The molecule has 2 aliphatic heterocycles. The number of aliphatic hydroxyl groups is 2. The van der Waals surface area contributed by atoms with Crippen LogP contribution >= 0.6 is 0 Å². The van der Waals surface area contributed by atoms with Gasteiger partial charge < -0.3 is 29.2 Å². The van der Waals surface area contributed by atoms with Crippen LogP contribution in [0.2, 0.25) is 0 Å². The quantitative estimate of drug-likeness (QED) is 0.854. The molecule has 2 fully saturated rings. The second-order valence-electron chi connectivity index (χ2n) is 6.49. The Morgan fingerprint density at radius 2 is 1.23 bits per heavy atom. The van der Waals surface area contributed by atoms with E-state index in [0.29, 0.717) is 0 Å². The van der Waals surface area contributed by atoms with Crippen LogP contribution in [0.1, 0.15) is 23.7 Å². The molecule has 0 amide bonds. The number of benzene rings is 2. The average molecular weight is 358 g/mol. The maximum atomic E-state index is 10.7. The molecule has 2 unspecified atom stereocenters. The molecular weight excluding hydrogens is 336 g/mol. The molecule has 6 atom stereocenters. The first-order valence-corrected chi connectivity index (χ1v) is 8.72. The molecule has 2 bridgehead atoms. The van der Waals surface area contributed by atoms with Gasteiger partial charge in [0.1, 0.15) is 24.4 Å². The van der Waals surface area contributed by atoms with Crippen LogP contribution in [0.25, 0.3) is 0 Å². The summed E-state index contributed by atoms with van der Waals surface area (Å²) in [7, 11) is 0. The number of aliphatic hydroxyl groups excluding tert-OH is 2. The lowest BCUT2D eigenvalue weighted by Gasteiger charge is -2.35. The highest BCUT2D eigenvalue weighted by Crippen LogP contribution is 2.33. The molecule has 2 N–H and O–H groups in total. The first-order valence-electron chi connectivity index (χ1n) is 8.72. The zero-order chi connectivity index (χ0) is 17.9. The second kappa shape index (κ2) is 7.84. The predicted molar refractivity (Wildman–Crippen MR) is 92.0 cm³/mol. The van der Waals surface area contributed by atoms with Gasteiger partial charge in [0.15, 0.2) is 12.6 Å². The summed E-state index contributed by atoms with van der Waals surface area (Å²) in [5, 5.41) is 21.3. The van der Waals surface area contributed by atoms with Gasteiger partial charge in [0.2, 0.25) is 0 Å². The third-order valence-electron chi connectivity index (χ3n) is 4.65. The lowest BCUT2D eigenvalue weighted by atomic mass is 10.0. The van der Waals surface area contributed by atoms with Gasteiger partial charge in [-0.15, -0.1) is 0 Å². The topological polar surface area (TPSA) is 77.4 Å². The SMILES string of the molecule is O[C@H]1[C@@H]2OC(c3ccccc3)OC[C@H]1OC(c1ccccc1)OC[C@@H]2O. The minimum atomic E-state index is -1.03. The highest BCUT2D eigenvalue weighted by Gasteiger charge is 2.43. The van der Waals surface area contributed by atoms with Gasteiger partial charge in [-0.2, -0.15) is 0 Å². The molecule has 2 saturated heterocycles. The average Bonchev–Trinajstić information content (AvgIpc) is 2.87. The Hall–Kier alpha value is -1.80. The van der Waals surface area contributed by atoms with E-state index in [1.54, 1.807) is 0 Å². The van der Waals surface area contributed by atoms with Crippen molar-refractivity contribution in [3.8, 4) is 0 Å². The third kappa shape index (κ3) is 3.66. The molecule has 0 aliphatic carbocycles. The molecule has 2 heterocycles. The summed E-state index contributed by atoms with van der Waals surface area (Å²) in [4.78, 5) is 0. The van der Waals surface area contributed by atoms with E-state index in [0.717, 1.165) is 11.1 Å². The maximum Gasteiger partial charge on any atom is 0.184 e. The standard InChI is InChI=1S/C20H22O6/c21-15-11-23-19(13-7-3-1-4-8-13)25-16-12-24-20(26-18(15)17(16)22)14-9-5-2-6-10-14/h1-10,15-22H,11-12H2/t15-,16+,17+,18+,19?,20?/m0/s1. The Morgan fingerprint density at radius 1 is 0.692 bits per heavy atom. The minimum Gasteiger partial charge on any atom is -0.388 e. The van der Waals surface area contributed by atoms with Crippen LogP contribution in [-0.4, -0.2) is 47.8 Å². The summed E-state index contributed by atoms with van der Waals surface area (Å²) < 4.78 is 23.5. The number of hydrogen-bond acceptors (Lipinski definition) is 6. The summed E-state index contributed by atoms with van der Waals surface area (Å²) in [5.41, 5.74) is 1.63. The Bertz CT molecular complexity index is 656. The molecule has 6 nitrogen and oxygen atoms in total. The van der Waals surface area contributed by atoms with E-state index in [-0.39, 0.29) is 13.2 Å². The van der Waals surface area contributed by atoms with Crippen LogP contribution in [0.4, 0.5) is 0 Å². The van der Waals surface area contributed by atoms with E-state index in [9.17, 15) is 10.2 Å². The number of fused-ring (bicyclic) bond motifs is 2. The summed E-state index contributed by atoms with van der Waals surface area (Å²) in [6.07, 6.45) is -4.97. The Labute approximate surface area is 151 Å². The van der Waals surface area contributed by atoms with Crippen molar-refractivity contribution in [2.45, 2.75) is 37.0 Å². The van der Waals surface area contributed by atoms with Crippen molar-refractivity contribution in [3.05, 3.63) is 71.8 Å². The highest BCUT2D eigenvalue weighted by atomic mass is 16.7. The summed E-state index contributed by atoms with van der Waals surface area (Å²) >= 11 is 0. The first-order chi connectivity index (χ1) is 12.7. The Morgan fingerprint density at radius 3 is 1.85 bits per heavy atom. The van der Waals surface area contributed by atoms with E-state index in [4.69, 9.17) is 18.9 Å². The lowest BCUT2D eigenvalue weighted by molar-refractivity contribution is -0.252. The molecule has 4 rings (SSSR count). The van der Waals surface area contributed by atoms with Crippen molar-refractivity contribution in [2.24, 2.45) is 0 Å². The summed E-state index contributed by atoms with van der Waals surface area (Å²) in [6, 6.07) is 18.9. The van der Waals surface area contributed by atoms with Crippen LogP contribution in [0.3, 0.4) is 0 Å². The van der Waals surface area contributed by atoms with Crippen molar-refractivity contribution in [3.63, 3.8) is 0 Å². The van der Waals surface area contributed by atoms with Gasteiger partial charge in [0, 0.05) is 11.1 Å². The molecule has 0 saturated carbocycles. The van der Waals surface area contributed by atoms with Crippen molar-refractivity contribution in [1.82, 2.24) is 0 Å². The molecule has 0 aromatic heterocycles. The number of hydrogen-bond donors (Lipinski definition) is 2. The van der Waals surface area contributed by atoms with Crippen LogP contribution < -0.4 is 0 Å². The second-order valence-corrected chi connectivity index (χ2v) is 6.49. The van der Waals surface area contributed by atoms with Gasteiger partial charge in [-0.25, -0.2) is 0 Å². The zero-order valence-electron chi connectivity index (χ0n) is 14.2. The van der Waals surface area contributed by atoms with Crippen LogP contribution in [0.5, 0.6) is 0 Å². The normalized spacial score (nSPS) is 35.2. The molecule has 26 heavy (non-hydrogen) atoms. The predicted octanol–water partition coefficient (Wildman–Crippen LogP) is 1.94. The van der Waals surface area contributed by atoms with Gasteiger partial charge in [-0.1, -0.05) is 60.7 Å². The van der Waals surface area contributed by atoms with E-state index in [2.05, 4.69) is 0 Å². The minimum absolute atomic E-state index is 0.0183. The monoisotopic (exact) mass is 358 g/mol. The smallest absolute Gasteiger partial charge is 0.184 e. The molecule has 0 spiro atoms. The lowest BCUT2D eigenvalue weighted by Crippen LogP contribution is -2.50. The molecule has 0 radical (unpaired) electrons. The Kier molecular flexibility index (Phi) is 5.31. The largest absolute Gasteiger partial charge is 0.388 e. The molecule has 2 aromatic rings. The van der Waals surface area contributed by atoms with Gasteiger partial charge in [0.25, 0.3) is 0 Å². The molecular formula is C20H22O6. The molecule has 138 valence electrons. The third-order valence-corrected chi connectivity index (χ3v) is 4.65. The Balaban J connectivity index is 1.58. The van der Waals surface area contributed by atoms with Gasteiger partial charge in [-0.3, -0.25) is 0 Å². The summed E-state index contributed by atoms with van der Waals surface area (Å²) in [6.45, 7) is 0.103. The zero-order valence-corrected chi connectivity index (χ0v) is 14.2. The van der Waals surface area contributed by atoms with Crippen LogP contribution in [-0.2, 0) is 18.9 Å². The van der Waals surface area contributed by atoms with E-state index in [1.165, 1.54) is 0 Å². The van der Waals surface area contributed by atoms with Gasteiger partial charge >= 0.3 is 0 Å². The molecule has 2 aliphatic rings. The van der Waals surface area contributed by atoms with Gasteiger partial charge in [0.05, 0.1) is 13.2 Å². The van der Waals surface area contributed by atoms with Crippen LogP contribution in [0, 0.1) is 0 Å². The van der Waals surface area contributed by atoms with Crippen molar-refractivity contribution in [2.75, 3.05) is 13.2 Å². The first kappa shape index (κ1) is 17.6. The van der Waals surface area contributed by atoms with Crippen molar-refractivity contribution < 1.29 is 29.2 Å². The van der Waals surface area contributed by atoms with E-state index >= 15 is 0 Å². The van der Waals surface area contributed by atoms with Crippen LogP contribution in [0.15, 0.2) is 60.7 Å².